The monoisotopic (exact) mass is 311 g/mol. The molecule has 8 heteroatoms. The highest BCUT2D eigenvalue weighted by Gasteiger charge is 2.27. The highest BCUT2D eigenvalue weighted by Crippen LogP contribution is 2.28. The normalized spacial score (nSPS) is 13.8. The first-order valence-corrected chi connectivity index (χ1v) is 7.90. The minimum Gasteiger partial charge on any atom is -0.481 e. The number of sulfonamides is 1. The maximum absolute atomic E-state index is 12.2. The first-order valence-electron chi connectivity index (χ1n) is 5.27. The predicted octanol–water partition coefficient (Wildman–Crippen LogP) is 2.13. The van der Waals surface area contributed by atoms with Gasteiger partial charge in [-0.25, -0.2) is 8.42 Å². The summed E-state index contributed by atoms with van der Waals surface area (Å²) in [5.74, 6) is -1.77. The summed E-state index contributed by atoms with van der Waals surface area (Å²) in [4.78, 5) is 10.8. The van der Waals surface area contributed by atoms with Gasteiger partial charge >= 0.3 is 5.97 Å². The molecule has 0 aliphatic rings. The van der Waals surface area contributed by atoms with Crippen molar-refractivity contribution in [2.45, 2.75) is 18.1 Å². The standard InChI is InChI=1S/C10H14ClNO4S2/c1-3-12(6-7(2)10(13)14)18(15,16)9-5-4-8(11)17-9/h4-5,7H,3,6H2,1-2H3,(H,13,14). The molecule has 1 atom stereocenters. The Morgan fingerprint density at radius 3 is 2.56 bits per heavy atom. The van der Waals surface area contributed by atoms with Crippen molar-refractivity contribution >= 4 is 38.9 Å². The van der Waals surface area contributed by atoms with E-state index < -0.39 is 21.9 Å². The molecule has 1 unspecified atom stereocenters. The van der Waals surface area contributed by atoms with E-state index >= 15 is 0 Å². The SMILES string of the molecule is CCN(CC(C)C(=O)O)S(=O)(=O)c1ccc(Cl)s1. The van der Waals surface area contributed by atoms with Crippen LogP contribution in [0.5, 0.6) is 0 Å². The highest BCUT2D eigenvalue weighted by molar-refractivity contribution is 7.91. The second-order valence-corrected chi connectivity index (χ2v) is 7.63. The lowest BCUT2D eigenvalue weighted by atomic mass is 10.2. The van der Waals surface area contributed by atoms with Gasteiger partial charge in [0, 0.05) is 13.1 Å². The van der Waals surface area contributed by atoms with Crippen molar-refractivity contribution in [3.05, 3.63) is 16.5 Å². The summed E-state index contributed by atoms with van der Waals surface area (Å²) in [5, 5.41) is 8.83. The van der Waals surface area contributed by atoms with Gasteiger partial charge in [0.15, 0.2) is 0 Å². The van der Waals surface area contributed by atoms with Crippen LogP contribution >= 0.6 is 22.9 Å². The Kier molecular flexibility index (Phi) is 5.15. The van der Waals surface area contributed by atoms with E-state index in [1.54, 1.807) is 6.92 Å². The molecule has 0 spiro atoms. The molecule has 0 fully saturated rings. The average Bonchev–Trinajstić information content (AvgIpc) is 2.72. The van der Waals surface area contributed by atoms with Crippen molar-refractivity contribution in [1.29, 1.82) is 0 Å². The maximum Gasteiger partial charge on any atom is 0.307 e. The van der Waals surface area contributed by atoms with Crippen LogP contribution in [0, 0.1) is 5.92 Å². The van der Waals surface area contributed by atoms with Crippen molar-refractivity contribution in [1.82, 2.24) is 4.31 Å². The van der Waals surface area contributed by atoms with Crippen molar-refractivity contribution in [2.75, 3.05) is 13.1 Å². The lowest BCUT2D eigenvalue weighted by molar-refractivity contribution is -0.141. The molecule has 0 radical (unpaired) electrons. The number of hydrogen-bond donors (Lipinski definition) is 1. The quantitative estimate of drug-likeness (QED) is 0.873. The molecule has 1 rings (SSSR count). The Balaban J connectivity index is 2.97. The molecule has 0 aromatic carbocycles. The Morgan fingerprint density at radius 1 is 1.56 bits per heavy atom. The first kappa shape index (κ1) is 15.4. The predicted molar refractivity (Wildman–Crippen MR) is 70.6 cm³/mol. The molecule has 1 aromatic rings. The maximum atomic E-state index is 12.2. The molecule has 5 nitrogen and oxygen atoms in total. The summed E-state index contributed by atoms with van der Waals surface area (Å²) in [7, 11) is -3.65. The fraction of sp³-hybridized carbons (Fsp3) is 0.500. The summed E-state index contributed by atoms with van der Waals surface area (Å²) in [5.41, 5.74) is 0. The molecule has 102 valence electrons. The van der Waals surface area contributed by atoms with Crippen LogP contribution in [0.3, 0.4) is 0 Å². The van der Waals surface area contributed by atoms with E-state index in [2.05, 4.69) is 0 Å². The molecular weight excluding hydrogens is 298 g/mol. The number of aliphatic carboxylic acids is 1. The second-order valence-electron chi connectivity index (χ2n) is 3.75. The topological polar surface area (TPSA) is 74.7 Å². The number of nitrogens with zero attached hydrogens (tertiary/aromatic N) is 1. The molecule has 1 aromatic heterocycles. The van der Waals surface area contributed by atoms with Crippen molar-refractivity contribution in [3.63, 3.8) is 0 Å². The highest BCUT2D eigenvalue weighted by atomic mass is 35.5. The molecule has 18 heavy (non-hydrogen) atoms. The largest absolute Gasteiger partial charge is 0.481 e. The van der Waals surface area contributed by atoms with Crippen LogP contribution in [-0.4, -0.2) is 36.9 Å². The van der Waals surface area contributed by atoms with E-state index in [0.29, 0.717) is 4.34 Å². The van der Waals surface area contributed by atoms with Crippen LogP contribution in [0.4, 0.5) is 0 Å². The summed E-state index contributed by atoms with van der Waals surface area (Å²) in [6, 6.07) is 2.93. The van der Waals surface area contributed by atoms with Crippen LogP contribution in [0.15, 0.2) is 16.3 Å². The molecule has 0 saturated carbocycles. The van der Waals surface area contributed by atoms with Gasteiger partial charge in [0.05, 0.1) is 10.3 Å². The molecule has 0 aliphatic carbocycles. The number of hydrogen-bond acceptors (Lipinski definition) is 4. The van der Waals surface area contributed by atoms with E-state index in [0.717, 1.165) is 15.6 Å². The van der Waals surface area contributed by atoms with E-state index in [1.807, 2.05) is 0 Å². The number of rotatable bonds is 6. The lowest BCUT2D eigenvalue weighted by Crippen LogP contribution is -2.36. The van der Waals surface area contributed by atoms with Gasteiger partial charge in [-0.05, 0) is 12.1 Å². The molecule has 0 bridgehead atoms. The number of carbonyl (C=O) groups is 1. The van der Waals surface area contributed by atoms with Gasteiger partial charge in [-0.3, -0.25) is 4.79 Å². The van der Waals surface area contributed by atoms with Crippen molar-refractivity contribution in [2.24, 2.45) is 5.92 Å². The van der Waals surface area contributed by atoms with Crippen LogP contribution in [-0.2, 0) is 14.8 Å². The fourth-order valence-electron chi connectivity index (χ4n) is 1.34. The zero-order valence-corrected chi connectivity index (χ0v) is 12.3. The zero-order chi connectivity index (χ0) is 13.9. The molecule has 0 saturated heterocycles. The zero-order valence-electron chi connectivity index (χ0n) is 9.96. The molecular formula is C10H14ClNO4S2. The molecule has 0 aliphatic heterocycles. The lowest BCUT2D eigenvalue weighted by Gasteiger charge is -2.21. The smallest absolute Gasteiger partial charge is 0.307 e. The van der Waals surface area contributed by atoms with Crippen LogP contribution in [0.25, 0.3) is 0 Å². The van der Waals surface area contributed by atoms with E-state index in [-0.39, 0.29) is 17.3 Å². The van der Waals surface area contributed by atoms with Gasteiger partial charge in [-0.2, -0.15) is 4.31 Å². The van der Waals surface area contributed by atoms with Crippen LogP contribution < -0.4 is 0 Å². The fourth-order valence-corrected chi connectivity index (χ4v) is 4.52. The van der Waals surface area contributed by atoms with Crippen molar-refractivity contribution in [3.8, 4) is 0 Å². The van der Waals surface area contributed by atoms with E-state index in [1.165, 1.54) is 19.1 Å². The number of thiophene rings is 1. The van der Waals surface area contributed by atoms with Crippen LogP contribution in [0.1, 0.15) is 13.8 Å². The average molecular weight is 312 g/mol. The Hall–Kier alpha value is -0.630. The Bertz CT molecular complexity index is 526. The van der Waals surface area contributed by atoms with Crippen LogP contribution in [0.2, 0.25) is 4.34 Å². The first-order chi connectivity index (χ1) is 8.28. The minimum atomic E-state index is -3.65. The summed E-state index contributed by atoms with van der Waals surface area (Å²) >= 11 is 6.67. The van der Waals surface area contributed by atoms with Gasteiger partial charge in [0.25, 0.3) is 10.0 Å². The van der Waals surface area contributed by atoms with Gasteiger partial charge in [-0.1, -0.05) is 25.4 Å². The minimum absolute atomic E-state index is 0.0519. The summed E-state index contributed by atoms with van der Waals surface area (Å²) in [6.45, 7) is 3.31. The third-order valence-electron chi connectivity index (χ3n) is 2.39. The molecule has 1 heterocycles. The summed E-state index contributed by atoms with van der Waals surface area (Å²) < 4.78 is 26.1. The number of carboxylic acids is 1. The van der Waals surface area contributed by atoms with E-state index in [4.69, 9.17) is 16.7 Å². The molecule has 1 N–H and O–H groups in total. The Morgan fingerprint density at radius 2 is 2.17 bits per heavy atom. The van der Waals surface area contributed by atoms with E-state index in [9.17, 15) is 13.2 Å². The third-order valence-corrected chi connectivity index (χ3v) is 6.03. The number of carboxylic acid groups (broad SMARTS) is 1. The third kappa shape index (κ3) is 3.44. The molecule has 0 amide bonds. The number of halogens is 1. The van der Waals surface area contributed by atoms with Gasteiger partial charge in [0.1, 0.15) is 4.21 Å². The van der Waals surface area contributed by atoms with Gasteiger partial charge < -0.3 is 5.11 Å². The van der Waals surface area contributed by atoms with Crippen molar-refractivity contribution < 1.29 is 18.3 Å². The summed E-state index contributed by atoms with van der Waals surface area (Å²) in [6.07, 6.45) is 0. The van der Waals surface area contributed by atoms with Gasteiger partial charge in [0.2, 0.25) is 0 Å². The Labute approximate surface area is 115 Å². The van der Waals surface area contributed by atoms with Gasteiger partial charge in [-0.15, -0.1) is 11.3 Å². The second kappa shape index (κ2) is 6.01.